The number of hydrogen-bond acceptors (Lipinski definition) is 3. The predicted molar refractivity (Wildman–Crippen MR) is 138 cm³/mol. The van der Waals surface area contributed by atoms with Gasteiger partial charge in [-0.05, 0) is 36.4 Å². The van der Waals surface area contributed by atoms with E-state index in [9.17, 15) is 0 Å². The molecular weight excluding hydrogens is 418 g/mol. The van der Waals surface area contributed by atoms with Gasteiger partial charge in [0.05, 0.1) is 28.3 Å². The molecule has 0 aliphatic heterocycles. The van der Waals surface area contributed by atoms with Crippen LogP contribution in [0.15, 0.2) is 104 Å². The fraction of sp³-hybridized carbons (Fsp3) is 0. The molecule has 0 radical (unpaired) electrons. The fourth-order valence-electron chi connectivity index (χ4n) is 5.49. The van der Waals surface area contributed by atoms with E-state index in [-0.39, 0.29) is 0 Å². The monoisotopic (exact) mass is 435 g/mol. The second kappa shape index (κ2) is 6.39. The summed E-state index contributed by atoms with van der Waals surface area (Å²) in [6.45, 7) is 0. The van der Waals surface area contributed by atoms with Gasteiger partial charge >= 0.3 is 0 Å². The first-order valence-electron chi connectivity index (χ1n) is 11.3. The largest absolute Gasteiger partial charge is 0.309 e. The Morgan fingerprint density at radius 1 is 0.559 bits per heavy atom. The van der Waals surface area contributed by atoms with E-state index in [0.29, 0.717) is 0 Å². The van der Waals surface area contributed by atoms with E-state index in [4.69, 9.17) is 4.98 Å². The summed E-state index contributed by atoms with van der Waals surface area (Å²) in [4.78, 5) is 13.9. The van der Waals surface area contributed by atoms with Crippen LogP contribution in [0.25, 0.3) is 65.8 Å². The molecule has 5 heterocycles. The second-order valence-electron chi connectivity index (χ2n) is 8.60. The number of fused-ring (bicyclic) bond motifs is 12. The zero-order valence-electron chi connectivity index (χ0n) is 18.1. The smallest absolute Gasteiger partial charge is 0.146 e. The number of nitrogens with zero attached hydrogens (tertiary/aromatic N) is 5. The number of imidazole rings is 1. The minimum atomic E-state index is 0.886. The highest BCUT2D eigenvalue weighted by molar-refractivity contribution is 6.27. The van der Waals surface area contributed by atoms with Crippen LogP contribution in [0.5, 0.6) is 0 Å². The summed E-state index contributed by atoms with van der Waals surface area (Å²) in [5, 5.41) is 5.82. The highest BCUT2D eigenvalue weighted by atomic mass is 15.0. The number of aromatic nitrogens is 5. The average molecular weight is 435 g/mol. The summed E-state index contributed by atoms with van der Waals surface area (Å²) in [6, 6.07) is 27.7. The van der Waals surface area contributed by atoms with E-state index in [1.807, 2.05) is 30.9 Å². The SMILES string of the molecule is c1ccc(-n2c3ccccc3c3ccc4c(c5cnccc5n5c6ccncc6nc45)c32)cc1. The van der Waals surface area contributed by atoms with Gasteiger partial charge in [0.2, 0.25) is 0 Å². The third-order valence-corrected chi connectivity index (χ3v) is 6.86. The van der Waals surface area contributed by atoms with Crippen molar-refractivity contribution in [2.24, 2.45) is 0 Å². The van der Waals surface area contributed by atoms with Crippen molar-refractivity contribution in [3.63, 3.8) is 0 Å². The molecule has 0 bridgehead atoms. The van der Waals surface area contributed by atoms with Crippen LogP contribution in [0.2, 0.25) is 0 Å². The molecule has 0 atom stereocenters. The van der Waals surface area contributed by atoms with E-state index in [1.165, 1.54) is 21.8 Å². The summed E-state index contributed by atoms with van der Waals surface area (Å²) < 4.78 is 4.61. The van der Waals surface area contributed by atoms with Crippen LogP contribution in [0.4, 0.5) is 0 Å². The van der Waals surface area contributed by atoms with Crippen LogP contribution in [-0.4, -0.2) is 23.9 Å². The van der Waals surface area contributed by atoms with Gasteiger partial charge in [0.15, 0.2) is 0 Å². The quantitative estimate of drug-likeness (QED) is 0.270. The molecule has 34 heavy (non-hydrogen) atoms. The molecule has 0 amide bonds. The van der Waals surface area contributed by atoms with Crippen molar-refractivity contribution in [2.75, 3.05) is 0 Å². The molecule has 158 valence electrons. The molecule has 0 aliphatic carbocycles. The summed E-state index contributed by atoms with van der Waals surface area (Å²) in [7, 11) is 0. The van der Waals surface area contributed by atoms with Crippen molar-refractivity contribution in [1.82, 2.24) is 23.9 Å². The molecule has 0 N–H and O–H groups in total. The lowest BCUT2D eigenvalue weighted by molar-refractivity contribution is 1.19. The first kappa shape index (κ1) is 17.7. The summed E-state index contributed by atoms with van der Waals surface area (Å²) in [5.41, 5.74) is 7.45. The molecule has 0 aliphatic rings. The molecule has 5 aromatic heterocycles. The zero-order valence-corrected chi connectivity index (χ0v) is 18.1. The van der Waals surface area contributed by atoms with Crippen LogP contribution < -0.4 is 0 Å². The molecule has 0 saturated heterocycles. The lowest BCUT2D eigenvalue weighted by Crippen LogP contribution is -1.97. The Balaban J connectivity index is 1.73. The molecule has 0 saturated carbocycles. The number of rotatable bonds is 1. The van der Waals surface area contributed by atoms with Crippen molar-refractivity contribution in [2.45, 2.75) is 0 Å². The molecule has 0 unspecified atom stereocenters. The van der Waals surface area contributed by atoms with Crippen LogP contribution >= 0.6 is 0 Å². The molecule has 8 aromatic rings. The molecule has 8 rings (SSSR count). The first-order valence-corrected chi connectivity index (χ1v) is 11.3. The Bertz CT molecular complexity index is 2070. The van der Waals surface area contributed by atoms with E-state index < -0.39 is 0 Å². The fourth-order valence-corrected chi connectivity index (χ4v) is 5.49. The molecule has 0 fully saturated rings. The highest BCUT2D eigenvalue weighted by Gasteiger charge is 2.20. The number of benzene rings is 3. The van der Waals surface area contributed by atoms with E-state index >= 15 is 0 Å². The van der Waals surface area contributed by atoms with E-state index in [2.05, 4.69) is 91.7 Å². The first-order chi connectivity index (χ1) is 16.9. The van der Waals surface area contributed by atoms with Crippen LogP contribution in [0.3, 0.4) is 0 Å². The van der Waals surface area contributed by atoms with Crippen molar-refractivity contribution in [3.05, 3.63) is 104 Å². The number of para-hydroxylation sites is 2. The maximum atomic E-state index is 5.03. The normalized spacial score (nSPS) is 12.1. The minimum absolute atomic E-state index is 0.886. The Morgan fingerprint density at radius 3 is 2.24 bits per heavy atom. The maximum Gasteiger partial charge on any atom is 0.146 e. The van der Waals surface area contributed by atoms with Gasteiger partial charge in [-0.1, -0.05) is 42.5 Å². The van der Waals surface area contributed by atoms with Gasteiger partial charge in [0.1, 0.15) is 11.2 Å². The topological polar surface area (TPSA) is 48.0 Å². The Hall–Kier alpha value is -4.77. The summed E-state index contributed by atoms with van der Waals surface area (Å²) >= 11 is 0. The van der Waals surface area contributed by atoms with Gasteiger partial charge in [0.25, 0.3) is 0 Å². The summed E-state index contributed by atoms with van der Waals surface area (Å²) in [5.74, 6) is 0. The zero-order chi connectivity index (χ0) is 22.2. The molecular formula is C29H17N5. The Morgan fingerprint density at radius 2 is 1.32 bits per heavy atom. The minimum Gasteiger partial charge on any atom is -0.309 e. The van der Waals surface area contributed by atoms with E-state index in [0.717, 1.165) is 44.0 Å². The van der Waals surface area contributed by atoms with Gasteiger partial charge in [-0.25, -0.2) is 4.98 Å². The maximum absolute atomic E-state index is 5.03. The standard InChI is InChI=1S/C29H17N5/c1-2-6-18(7-3-1)33-24-9-5-4-8-19(24)20-10-11-21-27(28(20)33)22-16-30-14-12-25(22)34-26-13-15-31-17-23(26)32-29(21)34/h1-17H. The second-order valence-corrected chi connectivity index (χ2v) is 8.60. The molecule has 5 nitrogen and oxygen atoms in total. The van der Waals surface area contributed by atoms with E-state index in [1.54, 1.807) is 0 Å². The Kier molecular flexibility index (Phi) is 3.34. The van der Waals surface area contributed by atoms with Gasteiger partial charge in [-0.2, -0.15) is 0 Å². The van der Waals surface area contributed by atoms with Crippen LogP contribution in [0, 0.1) is 0 Å². The third kappa shape index (κ3) is 2.16. The van der Waals surface area contributed by atoms with Crippen molar-refractivity contribution in [3.8, 4) is 5.69 Å². The van der Waals surface area contributed by atoms with Crippen molar-refractivity contribution in [1.29, 1.82) is 0 Å². The van der Waals surface area contributed by atoms with Crippen LogP contribution in [-0.2, 0) is 0 Å². The highest BCUT2D eigenvalue weighted by Crippen LogP contribution is 2.41. The third-order valence-electron chi connectivity index (χ3n) is 6.86. The van der Waals surface area contributed by atoms with Gasteiger partial charge in [-0.3, -0.25) is 14.4 Å². The van der Waals surface area contributed by atoms with Gasteiger partial charge in [0, 0.05) is 51.2 Å². The van der Waals surface area contributed by atoms with Crippen LogP contribution in [0.1, 0.15) is 0 Å². The van der Waals surface area contributed by atoms with Crippen molar-refractivity contribution < 1.29 is 0 Å². The number of hydrogen-bond donors (Lipinski definition) is 0. The van der Waals surface area contributed by atoms with Gasteiger partial charge < -0.3 is 4.57 Å². The lowest BCUT2D eigenvalue weighted by Gasteiger charge is -2.13. The van der Waals surface area contributed by atoms with Gasteiger partial charge in [-0.15, -0.1) is 0 Å². The molecule has 3 aromatic carbocycles. The summed E-state index contributed by atoms with van der Waals surface area (Å²) in [6.07, 6.45) is 7.49. The average Bonchev–Trinajstić information content (AvgIpc) is 3.46. The Labute approximate surface area is 193 Å². The number of pyridine rings is 3. The lowest BCUT2D eigenvalue weighted by atomic mass is 10.0. The molecule has 0 spiro atoms. The molecule has 5 heteroatoms. The van der Waals surface area contributed by atoms with Crippen molar-refractivity contribution >= 4 is 60.2 Å². The predicted octanol–water partition coefficient (Wildman–Crippen LogP) is 6.68.